The quantitative estimate of drug-likeness (QED) is 0.346. The first-order chi connectivity index (χ1) is 4.68. The van der Waals surface area contributed by atoms with Crippen LogP contribution in [0.15, 0.2) is 25.0 Å². The van der Waals surface area contributed by atoms with Crippen LogP contribution in [0.1, 0.15) is 6.42 Å². The zero-order valence-corrected chi connectivity index (χ0v) is 5.80. The van der Waals surface area contributed by atoms with Gasteiger partial charge in [0.05, 0.1) is 12.9 Å². The first-order valence-corrected chi connectivity index (χ1v) is 2.88. The minimum absolute atomic E-state index is 0.377. The zero-order valence-electron chi connectivity index (χ0n) is 5.80. The lowest BCUT2D eigenvalue weighted by Crippen LogP contribution is -2.13. The van der Waals surface area contributed by atoms with E-state index in [0.29, 0.717) is 18.6 Å². The van der Waals surface area contributed by atoms with Crippen LogP contribution in [0, 0.1) is 0 Å². The van der Waals surface area contributed by atoms with Crippen molar-refractivity contribution >= 4 is 5.91 Å². The van der Waals surface area contributed by atoms with Gasteiger partial charge in [0, 0.05) is 12.0 Å². The van der Waals surface area contributed by atoms with Crippen LogP contribution in [0.4, 0.5) is 0 Å². The van der Waals surface area contributed by atoms with Gasteiger partial charge in [-0.05, 0) is 0 Å². The van der Waals surface area contributed by atoms with Gasteiger partial charge in [-0.3, -0.25) is 4.79 Å². The van der Waals surface area contributed by atoms with Crippen LogP contribution in [0.25, 0.3) is 0 Å². The Morgan fingerprint density at radius 1 is 1.70 bits per heavy atom. The Morgan fingerprint density at radius 2 is 2.30 bits per heavy atom. The molecular formula is C7H11NO2. The van der Waals surface area contributed by atoms with E-state index in [1.54, 1.807) is 0 Å². The van der Waals surface area contributed by atoms with Gasteiger partial charge in [0.1, 0.15) is 0 Å². The van der Waals surface area contributed by atoms with Crippen molar-refractivity contribution < 1.29 is 9.53 Å². The third-order valence-electron chi connectivity index (χ3n) is 0.988. The number of ether oxygens (including phenoxy) is 1. The van der Waals surface area contributed by atoms with Crippen LogP contribution in [0.3, 0.4) is 0 Å². The molecule has 2 N–H and O–H groups in total. The van der Waals surface area contributed by atoms with E-state index in [0.717, 1.165) is 0 Å². The van der Waals surface area contributed by atoms with Gasteiger partial charge in [0.2, 0.25) is 5.91 Å². The largest absolute Gasteiger partial charge is 0.501 e. The molecule has 0 atom stereocenters. The number of primary amides is 1. The van der Waals surface area contributed by atoms with E-state index in [1.807, 2.05) is 0 Å². The molecule has 10 heavy (non-hydrogen) atoms. The highest BCUT2D eigenvalue weighted by molar-refractivity contribution is 5.91. The van der Waals surface area contributed by atoms with Gasteiger partial charge in [-0.25, -0.2) is 0 Å². The number of rotatable bonds is 5. The maximum Gasteiger partial charge on any atom is 0.244 e. The summed E-state index contributed by atoms with van der Waals surface area (Å²) in [6, 6.07) is 0. The van der Waals surface area contributed by atoms with Gasteiger partial charge in [-0.1, -0.05) is 13.2 Å². The van der Waals surface area contributed by atoms with Crippen LogP contribution < -0.4 is 5.73 Å². The highest BCUT2D eigenvalue weighted by atomic mass is 16.5. The van der Waals surface area contributed by atoms with Crippen molar-refractivity contribution in [1.82, 2.24) is 0 Å². The Kier molecular flexibility index (Phi) is 4.04. The molecule has 0 heterocycles. The summed E-state index contributed by atoms with van der Waals surface area (Å²) < 4.78 is 4.75. The van der Waals surface area contributed by atoms with E-state index in [1.165, 1.54) is 6.26 Å². The first-order valence-electron chi connectivity index (χ1n) is 2.88. The molecule has 0 aromatic heterocycles. The summed E-state index contributed by atoms with van der Waals surface area (Å²) >= 11 is 0. The van der Waals surface area contributed by atoms with Gasteiger partial charge in [-0.2, -0.15) is 0 Å². The number of hydrogen-bond acceptors (Lipinski definition) is 2. The SMILES string of the molecule is C=COCCC(=C)C(N)=O. The first kappa shape index (κ1) is 8.75. The van der Waals surface area contributed by atoms with Crippen LogP contribution in [0.2, 0.25) is 0 Å². The van der Waals surface area contributed by atoms with Crippen LogP contribution in [-0.2, 0) is 9.53 Å². The fourth-order valence-electron chi connectivity index (χ4n) is 0.389. The van der Waals surface area contributed by atoms with E-state index in [9.17, 15) is 4.79 Å². The maximum absolute atomic E-state index is 10.3. The average molecular weight is 141 g/mol. The maximum atomic E-state index is 10.3. The molecule has 0 aliphatic heterocycles. The van der Waals surface area contributed by atoms with Gasteiger partial charge in [0.15, 0.2) is 0 Å². The van der Waals surface area contributed by atoms with E-state index in [2.05, 4.69) is 13.2 Å². The molecule has 0 aliphatic rings. The van der Waals surface area contributed by atoms with Crippen LogP contribution >= 0.6 is 0 Å². The lowest BCUT2D eigenvalue weighted by atomic mass is 10.2. The highest BCUT2D eigenvalue weighted by Gasteiger charge is 1.99. The molecular weight excluding hydrogens is 130 g/mol. The van der Waals surface area contributed by atoms with Crippen LogP contribution in [0.5, 0.6) is 0 Å². The molecule has 0 aliphatic carbocycles. The molecule has 0 fully saturated rings. The highest BCUT2D eigenvalue weighted by Crippen LogP contribution is 1.95. The second kappa shape index (κ2) is 4.61. The zero-order chi connectivity index (χ0) is 7.98. The summed E-state index contributed by atoms with van der Waals surface area (Å²) in [5, 5.41) is 0. The molecule has 0 saturated heterocycles. The molecule has 0 bridgehead atoms. The monoisotopic (exact) mass is 141 g/mol. The molecule has 0 radical (unpaired) electrons. The molecule has 0 saturated carbocycles. The van der Waals surface area contributed by atoms with Crippen molar-refractivity contribution in [2.75, 3.05) is 6.61 Å². The minimum Gasteiger partial charge on any atom is -0.501 e. The van der Waals surface area contributed by atoms with Crippen LogP contribution in [-0.4, -0.2) is 12.5 Å². The molecule has 0 unspecified atom stereocenters. The van der Waals surface area contributed by atoms with E-state index >= 15 is 0 Å². The van der Waals surface area contributed by atoms with Gasteiger partial charge in [-0.15, -0.1) is 0 Å². The fourth-order valence-corrected chi connectivity index (χ4v) is 0.389. The summed E-state index contributed by atoms with van der Waals surface area (Å²) in [6.45, 7) is 7.18. The predicted molar refractivity (Wildman–Crippen MR) is 39.1 cm³/mol. The second-order valence-electron chi connectivity index (χ2n) is 1.76. The average Bonchev–Trinajstić information content (AvgIpc) is 1.88. The van der Waals surface area contributed by atoms with Crippen molar-refractivity contribution in [2.45, 2.75) is 6.42 Å². The van der Waals surface area contributed by atoms with Gasteiger partial charge < -0.3 is 10.5 Å². The Labute approximate surface area is 60.2 Å². The Morgan fingerprint density at radius 3 is 2.70 bits per heavy atom. The number of carbonyl (C=O) groups is 1. The van der Waals surface area contributed by atoms with E-state index in [4.69, 9.17) is 10.5 Å². The van der Waals surface area contributed by atoms with Gasteiger partial charge in [0.25, 0.3) is 0 Å². The van der Waals surface area contributed by atoms with Gasteiger partial charge >= 0.3 is 0 Å². The molecule has 3 nitrogen and oxygen atoms in total. The topological polar surface area (TPSA) is 52.3 Å². The van der Waals surface area contributed by atoms with Crippen molar-refractivity contribution in [2.24, 2.45) is 5.73 Å². The van der Waals surface area contributed by atoms with E-state index in [-0.39, 0.29) is 0 Å². The third kappa shape index (κ3) is 3.72. The summed E-state index contributed by atoms with van der Waals surface area (Å²) in [6.07, 6.45) is 1.77. The van der Waals surface area contributed by atoms with E-state index < -0.39 is 5.91 Å². The normalized spacial score (nSPS) is 8.40. The number of nitrogens with two attached hydrogens (primary N) is 1. The summed E-state index contributed by atoms with van der Waals surface area (Å²) in [7, 11) is 0. The third-order valence-corrected chi connectivity index (χ3v) is 0.988. The summed E-state index contributed by atoms with van der Waals surface area (Å²) in [4.78, 5) is 10.3. The Bertz CT molecular complexity index is 152. The second-order valence-corrected chi connectivity index (χ2v) is 1.76. The molecule has 0 rings (SSSR count). The molecule has 3 heteroatoms. The fraction of sp³-hybridized carbons (Fsp3) is 0.286. The number of amides is 1. The molecule has 0 spiro atoms. The smallest absolute Gasteiger partial charge is 0.244 e. The molecule has 0 aromatic rings. The summed E-state index contributed by atoms with van der Waals surface area (Å²) in [5.74, 6) is -0.479. The lowest BCUT2D eigenvalue weighted by molar-refractivity contribution is -0.114. The standard InChI is InChI=1S/C7H11NO2/c1-3-10-5-4-6(2)7(8)9/h3H,1-2,4-5H2,(H2,8,9). The Hall–Kier alpha value is -1.25. The predicted octanol–water partition coefficient (Wildman–Crippen LogP) is 0.578. The number of carbonyl (C=O) groups excluding carboxylic acids is 1. The minimum atomic E-state index is -0.479. The molecule has 1 amide bonds. The van der Waals surface area contributed by atoms with Crippen molar-refractivity contribution in [1.29, 1.82) is 0 Å². The van der Waals surface area contributed by atoms with Crippen molar-refractivity contribution in [3.8, 4) is 0 Å². The lowest BCUT2D eigenvalue weighted by Gasteiger charge is -1.99. The molecule has 0 aromatic carbocycles. The Balaban J connectivity index is 3.40. The van der Waals surface area contributed by atoms with Crippen molar-refractivity contribution in [3.63, 3.8) is 0 Å². The van der Waals surface area contributed by atoms with Crippen molar-refractivity contribution in [3.05, 3.63) is 25.0 Å². The summed E-state index contributed by atoms with van der Waals surface area (Å²) in [5.41, 5.74) is 5.28. The number of hydrogen-bond donors (Lipinski definition) is 1. The molecule has 56 valence electrons.